The van der Waals surface area contributed by atoms with Gasteiger partial charge in [-0.1, -0.05) is 12.2 Å². The van der Waals surface area contributed by atoms with E-state index in [1.165, 1.54) is 12.2 Å². The normalized spacial score (nSPS) is 45.9. The summed E-state index contributed by atoms with van der Waals surface area (Å²) >= 11 is 0. The van der Waals surface area contributed by atoms with E-state index in [9.17, 15) is 25.5 Å². The summed E-state index contributed by atoms with van der Waals surface area (Å²) in [5.41, 5.74) is 0.238. The summed E-state index contributed by atoms with van der Waals surface area (Å²) in [5.74, 6) is 0. The van der Waals surface area contributed by atoms with E-state index in [1.54, 1.807) is 6.07 Å². The summed E-state index contributed by atoms with van der Waals surface area (Å²) in [7, 11) is 0. The second-order valence-electron chi connectivity index (χ2n) is 5.37. The number of rotatable bonds is 3. The lowest BCUT2D eigenvalue weighted by Gasteiger charge is -2.42. The van der Waals surface area contributed by atoms with Gasteiger partial charge in [0.2, 0.25) is 0 Å². The molecule has 0 unspecified atom stereocenters. The predicted octanol–water partition coefficient (Wildman–Crippen LogP) is -3.09. The van der Waals surface area contributed by atoms with Crippen molar-refractivity contribution < 1.29 is 40.1 Å². The smallest absolute Gasteiger partial charge is 0.187 e. The van der Waals surface area contributed by atoms with Crippen LogP contribution in [0.3, 0.4) is 0 Å². The van der Waals surface area contributed by atoms with E-state index in [0.717, 1.165) is 6.08 Å². The zero-order valence-electron chi connectivity index (χ0n) is 12.0. The first-order valence-electron chi connectivity index (χ1n) is 7.00. The van der Waals surface area contributed by atoms with Crippen molar-refractivity contribution in [3.05, 3.63) is 23.8 Å². The van der Waals surface area contributed by atoms with Crippen LogP contribution in [0.2, 0.25) is 0 Å². The molecular formula is C14H19NO8. The van der Waals surface area contributed by atoms with E-state index < -0.39 is 55.6 Å². The van der Waals surface area contributed by atoms with Crippen LogP contribution in [0.4, 0.5) is 0 Å². The monoisotopic (exact) mass is 329 g/mol. The zero-order chi connectivity index (χ0) is 17.1. The number of ether oxygens (including phenoxy) is 2. The molecule has 2 rings (SSSR count). The van der Waals surface area contributed by atoms with Crippen molar-refractivity contribution in [1.29, 1.82) is 5.26 Å². The van der Waals surface area contributed by atoms with Crippen LogP contribution in [0, 0.1) is 11.3 Å². The minimum Gasteiger partial charge on any atom is -0.394 e. The fourth-order valence-electron chi connectivity index (χ4n) is 2.48. The first kappa shape index (κ1) is 18.0. The summed E-state index contributed by atoms with van der Waals surface area (Å²) in [6.45, 7) is -0.624. The van der Waals surface area contributed by atoms with Gasteiger partial charge in [-0.25, -0.2) is 0 Å². The first-order valence-corrected chi connectivity index (χ1v) is 7.00. The molecule has 2 aliphatic rings. The number of hydrogen-bond acceptors (Lipinski definition) is 9. The van der Waals surface area contributed by atoms with E-state index in [1.807, 2.05) is 0 Å². The largest absolute Gasteiger partial charge is 0.394 e. The van der Waals surface area contributed by atoms with E-state index in [4.69, 9.17) is 19.8 Å². The third-order valence-electron chi connectivity index (χ3n) is 3.83. The van der Waals surface area contributed by atoms with Gasteiger partial charge < -0.3 is 40.1 Å². The van der Waals surface area contributed by atoms with Crippen molar-refractivity contribution in [3.63, 3.8) is 0 Å². The van der Waals surface area contributed by atoms with E-state index in [0.29, 0.717) is 0 Å². The van der Waals surface area contributed by atoms with Crippen LogP contribution in [0.25, 0.3) is 0 Å². The van der Waals surface area contributed by atoms with Gasteiger partial charge in [0.25, 0.3) is 0 Å². The molecule has 0 saturated carbocycles. The van der Waals surface area contributed by atoms with Crippen LogP contribution in [-0.4, -0.2) is 86.3 Å². The van der Waals surface area contributed by atoms with Crippen LogP contribution < -0.4 is 0 Å². The van der Waals surface area contributed by atoms with Crippen LogP contribution in [0.5, 0.6) is 0 Å². The van der Waals surface area contributed by atoms with Crippen LogP contribution >= 0.6 is 0 Å². The Bertz CT molecular complexity index is 513. The molecule has 0 aromatic rings. The molecule has 9 nitrogen and oxygen atoms in total. The number of aliphatic hydroxyl groups excluding tert-OH is 6. The number of nitriles is 1. The zero-order valence-corrected chi connectivity index (χ0v) is 12.0. The Morgan fingerprint density at radius 3 is 2.43 bits per heavy atom. The van der Waals surface area contributed by atoms with Gasteiger partial charge >= 0.3 is 0 Å². The molecule has 8 atom stereocenters. The quantitative estimate of drug-likeness (QED) is 0.294. The molecule has 1 heterocycles. The molecule has 0 aromatic heterocycles. The highest BCUT2D eigenvalue weighted by atomic mass is 16.7. The van der Waals surface area contributed by atoms with Gasteiger partial charge in [0, 0.05) is 6.08 Å². The van der Waals surface area contributed by atoms with Crippen molar-refractivity contribution in [2.24, 2.45) is 0 Å². The van der Waals surface area contributed by atoms with Crippen LogP contribution in [-0.2, 0) is 9.47 Å². The third kappa shape index (κ3) is 3.60. The molecular weight excluding hydrogens is 310 g/mol. The van der Waals surface area contributed by atoms with Crippen molar-refractivity contribution in [2.45, 2.75) is 49.0 Å². The third-order valence-corrected chi connectivity index (χ3v) is 3.83. The Kier molecular flexibility index (Phi) is 5.85. The van der Waals surface area contributed by atoms with Gasteiger partial charge in [-0.15, -0.1) is 0 Å². The van der Waals surface area contributed by atoms with Gasteiger partial charge in [-0.05, 0) is 5.57 Å². The van der Waals surface area contributed by atoms with Gasteiger partial charge in [-0.2, -0.15) is 5.26 Å². The maximum absolute atomic E-state index is 10.0. The van der Waals surface area contributed by atoms with Crippen molar-refractivity contribution in [3.8, 4) is 6.07 Å². The molecule has 23 heavy (non-hydrogen) atoms. The average molecular weight is 329 g/mol. The molecule has 0 bridgehead atoms. The van der Waals surface area contributed by atoms with Crippen molar-refractivity contribution >= 4 is 0 Å². The summed E-state index contributed by atoms with van der Waals surface area (Å²) in [4.78, 5) is 0. The maximum Gasteiger partial charge on any atom is 0.187 e. The molecule has 0 spiro atoms. The second-order valence-corrected chi connectivity index (χ2v) is 5.37. The maximum atomic E-state index is 10.0. The Labute approximate surface area is 131 Å². The minimum atomic E-state index is -1.65. The van der Waals surface area contributed by atoms with Crippen molar-refractivity contribution in [1.82, 2.24) is 0 Å². The molecule has 128 valence electrons. The van der Waals surface area contributed by atoms with Gasteiger partial charge in [0.05, 0.1) is 12.7 Å². The molecule has 0 radical (unpaired) electrons. The average Bonchev–Trinajstić information content (AvgIpc) is 2.54. The molecule has 0 aromatic carbocycles. The second kappa shape index (κ2) is 7.48. The molecule has 6 N–H and O–H groups in total. The highest BCUT2D eigenvalue weighted by Crippen LogP contribution is 2.28. The van der Waals surface area contributed by atoms with E-state index >= 15 is 0 Å². The van der Waals surface area contributed by atoms with E-state index in [-0.39, 0.29) is 5.57 Å². The molecule has 1 aliphatic heterocycles. The predicted molar refractivity (Wildman–Crippen MR) is 73.5 cm³/mol. The lowest BCUT2D eigenvalue weighted by atomic mass is 9.93. The summed E-state index contributed by atoms with van der Waals surface area (Å²) in [5, 5.41) is 66.9. The summed E-state index contributed by atoms with van der Waals surface area (Å²) in [6.07, 6.45) is -7.57. The number of aliphatic hydroxyl groups is 6. The fourth-order valence-corrected chi connectivity index (χ4v) is 2.48. The Balaban J connectivity index is 2.20. The lowest BCUT2D eigenvalue weighted by molar-refractivity contribution is -0.314. The van der Waals surface area contributed by atoms with Gasteiger partial charge in [0.1, 0.15) is 42.7 Å². The van der Waals surface area contributed by atoms with Crippen molar-refractivity contribution in [2.75, 3.05) is 6.61 Å². The Morgan fingerprint density at radius 2 is 1.83 bits per heavy atom. The standard InChI is InChI=1S/C14H19NO8/c15-4-3-6-1-2-7(17)9(18)13(6)23-14-12(21)11(20)10(19)8(5-16)22-14/h1-3,7-14,16-21H,5H2/t7-,8-,9-,10-,11+,12-,13-,14+/m1/s1. The van der Waals surface area contributed by atoms with Gasteiger partial charge in [-0.3, -0.25) is 0 Å². The van der Waals surface area contributed by atoms with Crippen LogP contribution in [0.1, 0.15) is 0 Å². The molecule has 1 aliphatic carbocycles. The summed E-state index contributed by atoms with van der Waals surface area (Å²) in [6, 6.07) is 1.77. The topological polar surface area (TPSA) is 164 Å². The molecule has 1 saturated heterocycles. The van der Waals surface area contributed by atoms with Gasteiger partial charge in [0.15, 0.2) is 6.29 Å². The molecule has 1 fully saturated rings. The first-order chi connectivity index (χ1) is 10.9. The molecule has 9 heteroatoms. The lowest BCUT2D eigenvalue weighted by Crippen LogP contribution is -2.60. The number of allylic oxidation sites excluding steroid dienone is 1. The van der Waals surface area contributed by atoms with Crippen LogP contribution in [0.15, 0.2) is 23.8 Å². The number of hydrogen-bond donors (Lipinski definition) is 6. The Hall–Kier alpha value is -1.35. The fraction of sp³-hybridized carbons (Fsp3) is 0.643. The SMILES string of the molecule is N#CC=C1C=C[C@@H](O)[C@@H](O)[C@@H]1O[C@@H]1O[C@H](CO)[C@@H](O)[C@H](O)[C@H]1O. The minimum absolute atomic E-state index is 0.238. The highest BCUT2D eigenvalue weighted by Gasteiger charge is 2.46. The summed E-state index contributed by atoms with van der Waals surface area (Å²) < 4.78 is 10.6. The highest BCUT2D eigenvalue weighted by molar-refractivity contribution is 5.34. The van der Waals surface area contributed by atoms with E-state index in [2.05, 4.69) is 0 Å². The number of nitrogens with zero attached hydrogens (tertiary/aromatic N) is 1. The molecule has 0 amide bonds. The Morgan fingerprint density at radius 1 is 1.13 bits per heavy atom.